The monoisotopic (exact) mass is 434 g/mol. The summed E-state index contributed by atoms with van der Waals surface area (Å²) in [6.07, 6.45) is 5.60. The van der Waals surface area contributed by atoms with Crippen LogP contribution in [-0.4, -0.2) is 19.6 Å². The molecule has 0 atom stereocenters. The molecular formula is C22H30N2O5S. The predicted molar refractivity (Wildman–Crippen MR) is 115 cm³/mol. The molecule has 0 spiro atoms. The van der Waals surface area contributed by atoms with Crippen molar-refractivity contribution in [2.75, 3.05) is 5.32 Å². The highest BCUT2D eigenvalue weighted by Crippen LogP contribution is 2.35. The summed E-state index contributed by atoms with van der Waals surface area (Å²) in [6.45, 7) is 7.09. The van der Waals surface area contributed by atoms with E-state index in [1.54, 1.807) is 0 Å². The Kier molecular flexibility index (Phi) is 6.29. The summed E-state index contributed by atoms with van der Waals surface area (Å²) in [6, 6.07) is 6.26. The van der Waals surface area contributed by atoms with Gasteiger partial charge in [0, 0.05) is 17.3 Å². The molecule has 1 aliphatic carbocycles. The van der Waals surface area contributed by atoms with Gasteiger partial charge in [-0.3, -0.25) is 0 Å². The van der Waals surface area contributed by atoms with Crippen molar-refractivity contribution in [2.24, 2.45) is 5.92 Å². The molecule has 0 unspecified atom stereocenters. The summed E-state index contributed by atoms with van der Waals surface area (Å²) in [4.78, 5) is 12.6. The Balaban J connectivity index is 1.80. The van der Waals surface area contributed by atoms with E-state index in [0.717, 1.165) is 23.8 Å². The van der Waals surface area contributed by atoms with Gasteiger partial charge in [0.1, 0.15) is 0 Å². The average Bonchev–Trinajstić information content (AvgIpc) is 3.09. The normalized spacial score (nSPS) is 15.1. The zero-order valence-corrected chi connectivity index (χ0v) is 18.7. The molecular weight excluding hydrogens is 404 g/mol. The molecule has 7 nitrogen and oxygen atoms in total. The predicted octanol–water partition coefficient (Wildman–Crippen LogP) is 4.48. The van der Waals surface area contributed by atoms with Gasteiger partial charge in [-0.15, -0.1) is 0 Å². The maximum atomic E-state index is 12.6. The first kappa shape index (κ1) is 22.4. The minimum Gasteiger partial charge on any atom is -0.451 e. The van der Waals surface area contributed by atoms with Gasteiger partial charge in [-0.1, -0.05) is 51.3 Å². The molecule has 2 amide bonds. The van der Waals surface area contributed by atoms with Crippen LogP contribution in [0.3, 0.4) is 0 Å². The van der Waals surface area contributed by atoms with Crippen molar-refractivity contribution in [3.05, 3.63) is 47.2 Å². The van der Waals surface area contributed by atoms with Crippen LogP contribution in [0.25, 0.3) is 0 Å². The van der Waals surface area contributed by atoms with Gasteiger partial charge < -0.3 is 14.8 Å². The molecule has 1 heterocycles. The molecule has 2 aromatic rings. The van der Waals surface area contributed by atoms with Crippen molar-refractivity contribution in [1.29, 1.82) is 0 Å². The Labute approximate surface area is 177 Å². The van der Waals surface area contributed by atoms with Crippen molar-refractivity contribution in [2.45, 2.75) is 70.0 Å². The first-order valence-corrected chi connectivity index (χ1v) is 11.7. The van der Waals surface area contributed by atoms with Gasteiger partial charge in [0.25, 0.3) is 10.0 Å². The molecule has 3 N–H and O–H groups in total. The second-order valence-corrected chi connectivity index (χ2v) is 10.4. The molecule has 0 radical (unpaired) electrons. The molecule has 1 aliphatic rings. The number of rotatable bonds is 7. The van der Waals surface area contributed by atoms with E-state index in [1.165, 1.54) is 39.2 Å². The zero-order valence-electron chi connectivity index (χ0n) is 17.9. The number of urea groups is 1. The maximum absolute atomic E-state index is 12.6. The zero-order chi connectivity index (χ0) is 22.1. The number of aliphatic hydroxyl groups is 1. The number of hydrogen-bond donors (Lipinski definition) is 3. The van der Waals surface area contributed by atoms with Gasteiger partial charge in [0.15, 0.2) is 0 Å². The maximum Gasteiger partial charge on any atom is 0.333 e. The van der Waals surface area contributed by atoms with Crippen LogP contribution >= 0.6 is 0 Å². The fourth-order valence-corrected chi connectivity index (χ4v) is 4.37. The van der Waals surface area contributed by atoms with E-state index in [0.29, 0.717) is 17.2 Å². The quantitative estimate of drug-likeness (QED) is 0.595. The minimum atomic E-state index is -4.22. The molecule has 1 aromatic heterocycles. The molecule has 3 rings (SSSR count). The topological polar surface area (TPSA) is 109 Å². The summed E-state index contributed by atoms with van der Waals surface area (Å²) in [5.41, 5.74) is 1.69. The van der Waals surface area contributed by atoms with E-state index < -0.39 is 26.7 Å². The summed E-state index contributed by atoms with van der Waals surface area (Å²) >= 11 is 0. The van der Waals surface area contributed by atoms with Crippen LogP contribution in [0, 0.1) is 5.92 Å². The summed E-state index contributed by atoms with van der Waals surface area (Å²) in [5, 5.41) is 12.3. The SMILES string of the molecule is CC(C)c1cccc(CC2CCC2)c1NC(=O)NS(=O)(=O)c1cc(C(C)(C)O)co1. The van der Waals surface area contributed by atoms with Crippen LogP contribution in [0.5, 0.6) is 0 Å². The van der Waals surface area contributed by atoms with Gasteiger partial charge in [-0.2, -0.15) is 8.42 Å². The highest BCUT2D eigenvalue weighted by molar-refractivity contribution is 7.89. The number of benzene rings is 1. The standard InChI is InChI=1S/C22H30N2O5S/c1-14(2)18-10-6-9-16(11-15-7-5-8-15)20(18)23-21(25)24-30(27,28)19-12-17(13-29-19)22(3,4)26/h6,9-10,12-15,26H,5,7-8,11H2,1-4H3,(H2,23,24,25). The number of nitrogens with one attached hydrogen (secondary N) is 2. The fourth-order valence-electron chi connectivity index (χ4n) is 3.52. The molecule has 1 aromatic carbocycles. The van der Waals surface area contributed by atoms with Gasteiger partial charge in [0.2, 0.25) is 5.09 Å². The third kappa shape index (κ3) is 5.05. The second-order valence-electron chi connectivity index (χ2n) is 8.81. The van der Waals surface area contributed by atoms with Crippen LogP contribution in [0.1, 0.15) is 69.6 Å². The van der Waals surface area contributed by atoms with Crippen LogP contribution in [0.2, 0.25) is 0 Å². The second kappa shape index (κ2) is 8.43. The van der Waals surface area contributed by atoms with E-state index >= 15 is 0 Å². The van der Waals surface area contributed by atoms with Crippen LogP contribution in [-0.2, 0) is 22.0 Å². The van der Waals surface area contributed by atoms with E-state index in [2.05, 4.69) is 5.32 Å². The lowest BCUT2D eigenvalue weighted by atomic mass is 9.80. The van der Waals surface area contributed by atoms with Crippen molar-refractivity contribution in [1.82, 2.24) is 4.72 Å². The Morgan fingerprint density at radius 2 is 2.00 bits per heavy atom. The molecule has 164 valence electrons. The molecule has 0 aliphatic heterocycles. The van der Waals surface area contributed by atoms with Crippen LogP contribution in [0.15, 0.2) is 40.0 Å². The summed E-state index contributed by atoms with van der Waals surface area (Å²) in [5.74, 6) is 0.765. The number of hydrogen-bond acceptors (Lipinski definition) is 5. The number of anilines is 1. The summed E-state index contributed by atoms with van der Waals surface area (Å²) in [7, 11) is -4.22. The lowest BCUT2D eigenvalue weighted by Crippen LogP contribution is -2.35. The average molecular weight is 435 g/mol. The van der Waals surface area contributed by atoms with Gasteiger partial charge in [0.05, 0.1) is 11.9 Å². The Bertz CT molecular complexity index is 1010. The van der Waals surface area contributed by atoms with E-state index in [1.807, 2.05) is 36.8 Å². The van der Waals surface area contributed by atoms with E-state index in [9.17, 15) is 18.3 Å². The molecule has 1 saturated carbocycles. The van der Waals surface area contributed by atoms with E-state index in [-0.39, 0.29) is 5.92 Å². The smallest absolute Gasteiger partial charge is 0.333 e. The van der Waals surface area contributed by atoms with Crippen molar-refractivity contribution >= 4 is 21.7 Å². The highest BCUT2D eigenvalue weighted by atomic mass is 32.2. The number of sulfonamides is 1. The molecule has 1 fully saturated rings. The van der Waals surface area contributed by atoms with E-state index in [4.69, 9.17) is 4.42 Å². The van der Waals surface area contributed by atoms with Gasteiger partial charge >= 0.3 is 6.03 Å². The van der Waals surface area contributed by atoms with Gasteiger partial charge in [-0.25, -0.2) is 9.52 Å². The van der Waals surface area contributed by atoms with Crippen molar-refractivity contribution in [3.63, 3.8) is 0 Å². The van der Waals surface area contributed by atoms with Crippen molar-refractivity contribution in [3.8, 4) is 0 Å². The van der Waals surface area contributed by atoms with Gasteiger partial charge in [-0.05, 0) is 43.2 Å². The molecule has 30 heavy (non-hydrogen) atoms. The third-order valence-electron chi connectivity index (χ3n) is 5.55. The number of carbonyl (C=O) groups excluding carboxylic acids is 1. The number of furan rings is 1. The molecule has 0 saturated heterocycles. The van der Waals surface area contributed by atoms with Crippen LogP contribution in [0.4, 0.5) is 10.5 Å². The Hall–Kier alpha value is -2.32. The summed E-state index contributed by atoms with van der Waals surface area (Å²) < 4.78 is 32.2. The number of para-hydroxylation sites is 1. The highest BCUT2D eigenvalue weighted by Gasteiger charge is 2.27. The molecule has 8 heteroatoms. The minimum absolute atomic E-state index is 0.165. The van der Waals surface area contributed by atoms with Crippen LogP contribution < -0.4 is 10.0 Å². The third-order valence-corrected chi connectivity index (χ3v) is 6.75. The van der Waals surface area contributed by atoms with Crippen molar-refractivity contribution < 1.29 is 22.7 Å². The number of carbonyl (C=O) groups is 1. The first-order valence-electron chi connectivity index (χ1n) is 10.2. The first-order chi connectivity index (χ1) is 14.0. The molecule has 0 bridgehead atoms. The largest absolute Gasteiger partial charge is 0.451 e. The Morgan fingerprint density at radius 3 is 2.53 bits per heavy atom. The Morgan fingerprint density at radius 1 is 1.30 bits per heavy atom. The fraction of sp³-hybridized carbons (Fsp3) is 0.500. The number of amides is 2. The lowest BCUT2D eigenvalue weighted by Gasteiger charge is -2.27. The lowest BCUT2D eigenvalue weighted by molar-refractivity contribution is 0.0779.